The third-order valence-corrected chi connectivity index (χ3v) is 6.13. The van der Waals surface area contributed by atoms with Gasteiger partial charge in [0.1, 0.15) is 17.2 Å². The quantitative estimate of drug-likeness (QED) is 0.624. The van der Waals surface area contributed by atoms with Crippen molar-refractivity contribution in [2.45, 2.75) is 51.0 Å². The number of aromatic nitrogens is 6. The summed E-state index contributed by atoms with van der Waals surface area (Å²) in [7, 11) is 1.87. The summed E-state index contributed by atoms with van der Waals surface area (Å²) in [6.45, 7) is 2.28. The van der Waals surface area contributed by atoms with Crippen LogP contribution in [0.1, 0.15) is 60.0 Å². The maximum Gasteiger partial charge on any atom is 0.290 e. The maximum absolute atomic E-state index is 13.0. The Hall–Kier alpha value is -3.30. The summed E-state index contributed by atoms with van der Waals surface area (Å²) in [6, 6.07) is 1.89. The lowest BCUT2D eigenvalue weighted by Crippen LogP contribution is -2.38. The Balaban J connectivity index is 0.000000730. The summed E-state index contributed by atoms with van der Waals surface area (Å²) < 4.78 is 4.10. The maximum atomic E-state index is 13.0. The van der Waals surface area contributed by atoms with E-state index in [0.29, 0.717) is 11.5 Å². The molecule has 0 saturated carbocycles. The molecule has 10 heteroatoms. The molecule has 0 unspecified atom stereocenters. The van der Waals surface area contributed by atoms with Crippen LogP contribution in [-0.4, -0.2) is 65.0 Å². The minimum atomic E-state index is -0.250. The molecule has 1 saturated heterocycles. The minimum Gasteiger partial charge on any atom is -0.483 e. The molecule has 0 atom stereocenters. The van der Waals surface area contributed by atoms with E-state index in [0.717, 1.165) is 61.6 Å². The van der Waals surface area contributed by atoms with Crippen LogP contribution in [0.2, 0.25) is 0 Å². The first-order valence-corrected chi connectivity index (χ1v) is 10.7. The standard InChI is InChI=1S/C20H25N7O.CH2O2/c1-25-17-11-15(12-21-16(17)13-22-25)20(28)26-9-6-14(7-10-26)19-24-23-18-5-3-2-4-8-27(18)19;2-1-3/h11-14H,2-10H2,1H3;1H,(H,2,3). The van der Waals surface area contributed by atoms with Gasteiger partial charge in [0.25, 0.3) is 12.4 Å². The van der Waals surface area contributed by atoms with Gasteiger partial charge in [-0.15, -0.1) is 10.2 Å². The molecule has 2 aliphatic rings. The second kappa shape index (κ2) is 9.23. The van der Waals surface area contributed by atoms with Crippen LogP contribution in [0, 0.1) is 0 Å². The third kappa shape index (κ3) is 4.28. The Morgan fingerprint density at radius 3 is 2.68 bits per heavy atom. The molecule has 3 aromatic rings. The highest BCUT2D eigenvalue weighted by molar-refractivity contribution is 5.96. The van der Waals surface area contributed by atoms with Crippen LogP contribution in [0.4, 0.5) is 0 Å². The smallest absolute Gasteiger partial charge is 0.290 e. The molecule has 2 aliphatic heterocycles. The summed E-state index contributed by atoms with van der Waals surface area (Å²) >= 11 is 0. The number of aryl methyl sites for hydroxylation is 2. The van der Waals surface area contributed by atoms with Crippen molar-refractivity contribution >= 4 is 23.4 Å². The zero-order chi connectivity index (χ0) is 21.8. The fraction of sp³-hybridized carbons (Fsp3) is 0.524. The van der Waals surface area contributed by atoms with Crippen LogP contribution in [-0.2, 0) is 24.8 Å². The molecule has 5 heterocycles. The molecule has 0 spiro atoms. The summed E-state index contributed by atoms with van der Waals surface area (Å²) in [4.78, 5) is 27.7. The summed E-state index contributed by atoms with van der Waals surface area (Å²) in [5.41, 5.74) is 2.32. The van der Waals surface area contributed by atoms with Crippen molar-refractivity contribution < 1.29 is 14.7 Å². The molecule has 0 radical (unpaired) electrons. The Kier molecular flexibility index (Phi) is 6.24. The molecule has 3 aromatic heterocycles. The van der Waals surface area contributed by atoms with E-state index in [1.54, 1.807) is 17.1 Å². The van der Waals surface area contributed by atoms with Gasteiger partial charge in [-0.2, -0.15) is 5.10 Å². The average molecular weight is 425 g/mol. The zero-order valence-corrected chi connectivity index (χ0v) is 17.6. The van der Waals surface area contributed by atoms with Crippen molar-refractivity contribution in [1.29, 1.82) is 0 Å². The first-order valence-electron chi connectivity index (χ1n) is 10.7. The zero-order valence-electron chi connectivity index (χ0n) is 17.6. The van der Waals surface area contributed by atoms with E-state index in [-0.39, 0.29) is 12.4 Å². The predicted octanol–water partition coefficient (Wildman–Crippen LogP) is 2.01. The van der Waals surface area contributed by atoms with Crippen molar-refractivity contribution in [3.05, 3.63) is 35.7 Å². The summed E-state index contributed by atoms with van der Waals surface area (Å²) in [5.74, 6) is 2.71. The number of carbonyl (C=O) groups is 2. The fourth-order valence-corrected chi connectivity index (χ4v) is 4.48. The molecule has 1 amide bonds. The molecular formula is C21H27N7O3. The summed E-state index contributed by atoms with van der Waals surface area (Å²) in [6.07, 6.45) is 9.97. The van der Waals surface area contributed by atoms with Gasteiger partial charge in [0.2, 0.25) is 0 Å². The van der Waals surface area contributed by atoms with Crippen LogP contribution >= 0.6 is 0 Å². The van der Waals surface area contributed by atoms with Crippen molar-refractivity contribution in [1.82, 2.24) is 34.4 Å². The number of hydrogen-bond donors (Lipinski definition) is 1. The lowest BCUT2D eigenvalue weighted by atomic mass is 9.95. The van der Waals surface area contributed by atoms with Crippen molar-refractivity contribution in [3.63, 3.8) is 0 Å². The number of nitrogens with zero attached hydrogens (tertiary/aromatic N) is 7. The van der Waals surface area contributed by atoms with Gasteiger partial charge < -0.3 is 14.6 Å². The molecule has 164 valence electrons. The van der Waals surface area contributed by atoms with Gasteiger partial charge in [-0.25, -0.2) is 0 Å². The number of piperidine rings is 1. The van der Waals surface area contributed by atoms with Crippen molar-refractivity contribution in [2.24, 2.45) is 7.05 Å². The second-order valence-electron chi connectivity index (χ2n) is 8.01. The SMILES string of the molecule is Cn1ncc2ncc(C(=O)N3CCC(c4nnc5n4CCCCC5)CC3)cc21.O=CO. The van der Waals surface area contributed by atoms with E-state index in [1.807, 2.05) is 18.0 Å². The average Bonchev–Trinajstić information content (AvgIpc) is 3.28. The summed E-state index contributed by atoms with van der Waals surface area (Å²) in [5, 5.41) is 20.1. The van der Waals surface area contributed by atoms with Crippen LogP contribution in [0.15, 0.2) is 18.5 Å². The molecular weight excluding hydrogens is 398 g/mol. The first-order chi connectivity index (χ1) is 15.1. The minimum absolute atomic E-state index is 0.0501. The van der Waals surface area contributed by atoms with E-state index in [2.05, 4.69) is 24.8 Å². The Morgan fingerprint density at radius 1 is 1.13 bits per heavy atom. The topological polar surface area (TPSA) is 119 Å². The number of carbonyl (C=O) groups excluding carboxylic acids is 1. The number of hydrogen-bond acceptors (Lipinski definition) is 6. The second-order valence-corrected chi connectivity index (χ2v) is 8.01. The first kappa shape index (κ1) is 21.0. The molecule has 5 rings (SSSR count). The molecule has 0 aliphatic carbocycles. The highest BCUT2D eigenvalue weighted by Gasteiger charge is 2.29. The number of rotatable bonds is 2. The molecule has 0 aromatic carbocycles. The van der Waals surface area contributed by atoms with Crippen molar-refractivity contribution in [2.75, 3.05) is 13.1 Å². The highest BCUT2D eigenvalue weighted by atomic mass is 16.3. The van der Waals surface area contributed by atoms with Gasteiger partial charge >= 0.3 is 0 Å². The lowest BCUT2D eigenvalue weighted by molar-refractivity contribution is -0.122. The van der Waals surface area contributed by atoms with Gasteiger partial charge in [0, 0.05) is 45.2 Å². The molecule has 0 bridgehead atoms. The van der Waals surface area contributed by atoms with Gasteiger partial charge in [-0.05, 0) is 31.7 Å². The Labute approximate surface area is 179 Å². The van der Waals surface area contributed by atoms with Gasteiger partial charge in [-0.1, -0.05) is 6.42 Å². The number of pyridine rings is 1. The van der Waals surface area contributed by atoms with Crippen LogP contribution in [0.5, 0.6) is 0 Å². The van der Waals surface area contributed by atoms with E-state index in [4.69, 9.17) is 9.90 Å². The molecule has 1 N–H and O–H groups in total. The van der Waals surface area contributed by atoms with E-state index >= 15 is 0 Å². The van der Waals surface area contributed by atoms with Gasteiger partial charge in [-0.3, -0.25) is 19.3 Å². The van der Waals surface area contributed by atoms with E-state index in [9.17, 15) is 4.79 Å². The lowest BCUT2D eigenvalue weighted by Gasteiger charge is -2.31. The number of carboxylic acid groups (broad SMARTS) is 1. The predicted molar refractivity (Wildman–Crippen MR) is 113 cm³/mol. The monoisotopic (exact) mass is 425 g/mol. The fourth-order valence-electron chi connectivity index (χ4n) is 4.48. The van der Waals surface area contributed by atoms with E-state index < -0.39 is 0 Å². The third-order valence-electron chi connectivity index (χ3n) is 6.13. The van der Waals surface area contributed by atoms with Crippen LogP contribution in [0.3, 0.4) is 0 Å². The van der Waals surface area contributed by atoms with Crippen LogP contribution < -0.4 is 0 Å². The normalized spacial score (nSPS) is 16.9. The highest BCUT2D eigenvalue weighted by Crippen LogP contribution is 2.29. The van der Waals surface area contributed by atoms with Gasteiger partial charge in [0.05, 0.1) is 17.3 Å². The van der Waals surface area contributed by atoms with Crippen molar-refractivity contribution in [3.8, 4) is 0 Å². The Morgan fingerprint density at radius 2 is 1.90 bits per heavy atom. The molecule has 31 heavy (non-hydrogen) atoms. The van der Waals surface area contributed by atoms with Gasteiger partial charge in [0.15, 0.2) is 0 Å². The molecule has 10 nitrogen and oxygen atoms in total. The van der Waals surface area contributed by atoms with Crippen LogP contribution in [0.25, 0.3) is 11.0 Å². The number of likely N-dealkylation sites (tertiary alicyclic amines) is 1. The number of amides is 1. The van der Waals surface area contributed by atoms with E-state index in [1.165, 1.54) is 19.3 Å². The Bertz CT molecular complexity index is 1070. The largest absolute Gasteiger partial charge is 0.483 e. The number of fused-ring (bicyclic) bond motifs is 2. The molecule has 1 fully saturated rings.